The molecular formula is C8H10N2O. The second kappa shape index (κ2) is 3.14. The van der Waals surface area contributed by atoms with Gasteiger partial charge in [0.25, 0.3) is 0 Å². The Morgan fingerprint density at radius 1 is 1.73 bits per heavy atom. The second-order valence-electron chi connectivity index (χ2n) is 2.47. The van der Waals surface area contributed by atoms with E-state index in [1.807, 2.05) is 19.1 Å². The van der Waals surface area contributed by atoms with Gasteiger partial charge in [0.1, 0.15) is 0 Å². The molecule has 0 aromatic carbocycles. The summed E-state index contributed by atoms with van der Waals surface area (Å²) in [5.41, 5.74) is 6.82. The van der Waals surface area contributed by atoms with E-state index in [9.17, 15) is 4.79 Å². The molecule has 3 nitrogen and oxygen atoms in total. The third-order valence-corrected chi connectivity index (χ3v) is 1.33. The Labute approximate surface area is 65.2 Å². The van der Waals surface area contributed by atoms with E-state index >= 15 is 0 Å². The highest BCUT2D eigenvalue weighted by Crippen LogP contribution is 1.99. The Hall–Kier alpha value is -1.38. The summed E-state index contributed by atoms with van der Waals surface area (Å²) < 4.78 is 0. The topological polar surface area (TPSA) is 56.0 Å². The van der Waals surface area contributed by atoms with Crippen molar-refractivity contribution in [2.45, 2.75) is 13.3 Å². The van der Waals surface area contributed by atoms with Crippen LogP contribution in [0.3, 0.4) is 0 Å². The van der Waals surface area contributed by atoms with E-state index in [2.05, 4.69) is 4.98 Å². The number of rotatable bonds is 2. The monoisotopic (exact) mass is 150 g/mol. The van der Waals surface area contributed by atoms with Crippen LogP contribution < -0.4 is 5.73 Å². The number of aryl methyl sites for hydroxylation is 1. The maximum atomic E-state index is 10.5. The number of amides is 1. The molecule has 1 aromatic rings. The number of primary amides is 1. The van der Waals surface area contributed by atoms with Gasteiger partial charge in [-0.15, -0.1) is 0 Å². The van der Waals surface area contributed by atoms with Crippen LogP contribution >= 0.6 is 0 Å². The van der Waals surface area contributed by atoms with Crippen LogP contribution in [0, 0.1) is 6.92 Å². The summed E-state index contributed by atoms with van der Waals surface area (Å²) in [5, 5.41) is 0. The first-order chi connectivity index (χ1) is 5.18. The van der Waals surface area contributed by atoms with E-state index in [0.717, 1.165) is 11.3 Å². The van der Waals surface area contributed by atoms with Gasteiger partial charge in [-0.2, -0.15) is 0 Å². The van der Waals surface area contributed by atoms with Gasteiger partial charge >= 0.3 is 0 Å². The van der Waals surface area contributed by atoms with Crippen LogP contribution in [0.4, 0.5) is 0 Å². The van der Waals surface area contributed by atoms with Gasteiger partial charge in [0, 0.05) is 11.9 Å². The van der Waals surface area contributed by atoms with Crippen molar-refractivity contribution in [1.82, 2.24) is 4.98 Å². The van der Waals surface area contributed by atoms with Crippen molar-refractivity contribution in [1.29, 1.82) is 0 Å². The van der Waals surface area contributed by atoms with E-state index in [0.29, 0.717) is 0 Å². The van der Waals surface area contributed by atoms with E-state index in [1.165, 1.54) is 0 Å². The van der Waals surface area contributed by atoms with E-state index in [-0.39, 0.29) is 12.3 Å². The van der Waals surface area contributed by atoms with Gasteiger partial charge in [0.05, 0.1) is 6.42 Å². The first kappa shape index (κ1) is 7.72. The minimum absolute atomic E-state index is 0.224. The van der Waals surface area contributed by atoms with E-state index < -0.39 is 0 Å². The highest BCUT2D eigenvalue weighted by molar-refractivity contribution is 5.76. The minimum atomic E-state index is -0.344. The van der Waals surface area contributed by atoms with Crippen molar-refractivity contribution in [2.75, 3.05) is 0 Å². The molecule has 0 aliphatic rings. The number of hydrogen-bond acceptors (Lipinski definition) is 2. The zero-order chi connectivity index (χ0) is 8.27. The molecule has 2 N–H and O–H groups in total. The van der Waals surface area contributed by atoms with Gasteiger partial charge < -0.3 is 5.73 Å². The van der Waals surface area contributed by atoms with Crippen LogP contribution in [0.15, 0.2) is 18.3 Å². The highest BCUT2D eigenvalue weighted by Gasteiger charge is 1.98. The van der Waals surface area contributed by atoms with Crippen LogP contribution in [0.5, 0.6) is 0 Å². The molecule has 3 heteroatoms. The van der Waals surface area contributed by atoms with Crippen molar-refractivity contribution < 1.29 is 4.79 Å². The maximum Gasteiger partial charge on any atom is 0.223 e. The molecule has 0 aliphatic heterocycles. The normalized spacial score (nSPS) is 9.55. The molecule has 0 saturated heterocycles. The molecule has 0 bridgehead atoms. The molecule has 1 amide bonds. The van der Waals surface area contributed by atoms with E-state index in [4.69, 9.17) is 5.73 Å². The van der Waals surface area contributed by atoms with Gasteiger partial charge in [-0.25, -0.2) is 0 Å². The summed E-state index contributed by atoms with van der Waals surface area (Å²) >= 11 is 0. The first-order valence-electron chi connectivity index (χ1n) is 3.38. The third-order valence-electron chi connectivity index (χ3n) is 1.33. The molecule has 0 fully saturated rings. The molecule has 0 aliphatic carbocycles. The van der Waals surface area contributed by atoms with Gasteiger partial charge in [0.15, 0.2) is 0 Å². The lowest BCUT2D eigenvalue weighted by Gasteiger charge is -1.96. The van der Waals surface area contributed by atoms with Gasteiger partial charge in [-0.1, -0.05) is 0 Å². The third kappa shape index (κ3) is 2.37. The summed E-state index contributed by atoms with van der Waals surface area (Å²) in [5.74, 6) is -0.344. The first-order valence-corrected chi connectivity index (χ1v) is 3.38. The summed E-state index contributed by atoms with van der Waals surface area (Å²) in [7, 11) is 0. The summed E-state index contributed by atoms with van der Waals surface area (Å²) in [6, 6.07) is 3.73. The molecule has 1 rings (SSSR count). The number of nitrogens with two attached hydrogens (primary N) is 1. The number of nitrogens with zero attached hydrogens (tertiary/aromatic N) is 1. The van der Waals surface area contributed by atoms with Crippen molar-refractivity contribution in [3.63, 3.8) is 0 Å². The molecule has 0 saturated carbocycles. The number of aromatic nitrogens is 1. The molecule has 0 radical (unpaired) electrons. The van der Waals surface area contributed by atoms with Crippen molar-refractivity contribution >= 4 is 5.91 Å². The average molecular weight is 150 g/mol. The Morgan fingerprint density at radius 3 is 3.00 bits per heavy atom. The molecule has 1 aromatic heterocycles. The van der Waals surface area contributed by atoms with Crippen LogP contribution in [0.25, 0.3) is 0 Å². The highest BCUT2D eigenvalue weighted by atomic mass is 16.1. The zero-order valence-electron chi connectivity index (χ0n) is 6.37. The SMILES string of the molecule is Cc1ccnc(CC(N)=O)c1. The molecule has 58 valence electrons. The van der Waals surface area contributed by atoms with Gasteiger partial charge in [-0.3, -0.25) is 9.78 Å². The van der Waals surface area contributed by atoms with Crippen LogP contribution in [-0.4, -0.2) is 10.9 Å². The Bertz CT molecular complexity index is 271. The minimum Gasteiger partial charge on any atom is -0.369 e. The van der Waals surface area contributed by atoms with Crippen LogP contribution in [0.1, 0.15) is 11.3 Å². The second-order valence-corrected chi connectivity index (χ2v) is 2.47. The lowest BCUT2D eigenvalue weighted by molar-refractivity contribution is -0.117. The summed E-state index contributed by atoms with van der Waals surface area (Å²) in [6.45, 7) is 1.95. The average Bonchev–Trinajstić information content (AvgIpc) is 1.85. The lowest BCUT2D eigenvalue weighted by atomic mass is 10.2. The maximum absolute atomic E-state index is 10.5. The standard InChI is InChI=1S/C8H10N2O/c1-6-2-3-10-7(4-6)5-8(9)11/h2-4H,5H2,1H3,(H2,9,11). The van der Waals surface area contributed by atoms with Gasteiger partial charge in [0.2, 0.25) is 5.91 Å². The lowest BCUT2D eigenvalue weighted by Crippen LogP contribution is -2.14. The fourth-order valence-corrected chi connectivity index (χ4v) is 0.874. The van der Waals surface area contributed by atoms with Gasteiger partial charge in [-0.05, 0) is 24.6 Å². The molecule has 0 unspecified atom stereocenters. The molecule has 0 atom stereocenters. The summed E-state index contributed by atoms with van der Waals surface area (Å²) in [4.78, 5) is 14.4. The molecule has 1 heterocycles. The molecule has 11 heavy (non-hydrogen) atoms. The fourth-order valence-electron chi connectivity index (χ4n) is 0.874. The summed E-state index contributed by atoms with van der Waals surface area (Å²) in [6.07, 6.45) is 1.90. The fraction of sp³-hybridized carbons (Fsp3) is 0.250. The predicted molar refractivity (Wildman–Crippen MR) is 41.9 cm³/mol. The number of pyridine rings is 1. The quantitative estimate of drug-likeness (QED) is 0.664. The number of hydrogen-bond donors (Lipinski definition) is 1. The van der Waals surface area contributed by atoms with E-state index in [1.54, 1.807) is 6.20 Å². The Kier molecular flexibility index (Phi) is 2.21. The smallest absolute Gasteiger partial charge is 0.223 e. The molecule has 0 spiro atoms. The predicted octanol–water partition coefficient (Wildman–Crippen LogP) is 0.418. The van der Waals surface area contributed by atoms with Crippen LogP contribution in [0.2, 0.25) is 0 Å². The van der Waals surface area contributed by atoms with Crippen molar-refractivity contribution in [3.05, 3.63) is 29.6 Å². The van der Waals surface area contributed by atoms with Crippen molar-refractivity contribution in [2.24, 2.45) is 5.73 Å². The number of carbonyl (C=O) groups is 1. The Morgan fingerprint density at radius 2 is 2.45 bits per heavy atom. The van der Waals surface area contributed by atoms with Crippen molar-refractivity contribution in [3.8, 4) is 0 Å². The van der Waals surface area contributed by atoms with Crippen LogP contribution in [-0.2, 0) is 11.2 Å². The number of carbonyl (C=O) groups excluding carboxylic acids is 1. The zero-order valence-corrected chi connectivity index (χ0v) is 6.37. The molecular weight excluding hydrogens is 140 g/mol. The largest absolute Gasteiger partial charge is 0.369 e. The Balaban J connectivity index is 2.79.